The van der Waals surface area contributed by atoms with Crippen molar-refractivity contribution in [2.75, 3.05) is 0 Å². The van der Waals surface area contributed by atoms with Gasteiger partial charge in [-0.05, 0) is 47.1 Å². The van der Waals surface area contributed by atoms with Gasteiger partial charge >= 0.3 is 0 Å². The molecule has 0 bridgehead atoms. The molecule has 5 heteroatoms. The molecule has 24 heavy (non-hydrogen) atoms. The second-order valence-electron chi connectivity index (χ2n) is 6.54. The van der Waals surface area contributed by atoms with E-state index in [1.165, 1.54) is 12.1 Å². The van der Waals surface area contributed by atoms with Gasteiger partial charge in [-0.3, -0.25) is 10.1 Å². The lowest BCUT2D eigenvalue weighted by molar-refractivity contribution is -0.384. The van der Waals surface area contributed by atoms with E-state index in [1.807, 2.05) is 30.4 Å². The lowest BCUT2D eigenvalue weighted by Crippen LogP contribution is -2.17. The van der Waals surface area contributed by atoms with Gasteiger partial charge in [0.2, 0.25) is 0 Å². The Morgan fingerprint density at radius 2 is 1.79 bits per heavy atom. The number of rotatable bonds is 3. The van der Waals surface area contributed by atoms with E-state index >= 15 is 0 Å². The molecule has 0 fully saturated rings. The van der Waals surface area contributed by atoms with Crippen molar-refractivity contribution >= 4 is 11.8 Å². The van der Waals surface area contributed by atoms with Crippen LogP contribution in [0, 0.1) is 38.2 Å². The first-order chi connectivity index (χ1) is 11.3. The molecule has 0 atom stereocenters. The number of nitrogens with zero attached hydrogens (tertiary/aromatic N) is 3. The van der Waals surface area contributed by atoms with Crippen LogP contribution in [0.3, 0.4) is 0 Å². The highest BCUT2D eigenvalue weighted by Crippen LogP contribution is 2.39. The summed E-state index contributed by atoms with van der Waals surface area (Å²) in [6.45, 7) is 4.21. The second-order valence-corrected chi connectivity index (χ2v) is 6.54. The van der Waals surface area contributed by atoms with E-state index in [-0.39, 0.29) is 16.7 Å². The Hall–Kier alpha value is -3.18. The number of allylic oxidation sites excluding steroid dienone is 5. The third-order valence-electron chi connectivity index (χ3n) is 3.85. The van der Waals surface area contributed by atoms with Crippen LogP contribution < -0.4 is 0 Å². The summed E-state index contributed by atoms with van der Waals surface area (Å²) in [4.78, 5) is 10.2. The first kappa shape index (κ1) is 17.2. The molecular formula is C19H17N3O2. The Morgan fingerprint density at radius 1 is 1.17 bits per heavy atom. The van der Waals surface area contributed by atoms with E-state index in [0.717, 1.165) is 23.1 Å². The minimum Gasteiger partial charge on any atom is -0.258 e. The second kappa shape index (κ2) is 6.93. The maximum Gasteiger partial charge on any atom is 0.269 e. The van der Waals surface area contributed by atoms with Crippen LogP contribution in [0.15, 0.2) is 53.1 Å². The van der Waals surface area contributed by atoms with Gasteiger partial charge in [0.25, 0.3) is 5.69 Å². The third kappa shape index (κ3) is 4.18. The van der Waals surface area contributed by atoms with Gasteiger partial charge in [0.1, 0.15) is 17.7 Å². The molecule has 0 amide bonds. The molecule has 0 N–H and O–H groups in total. The normalized spacial score (nSPS) is 16.2. The van der Waals surface area contributed by atoms with Crippen molar-refractivity contribution in [3.8, 4) is 12.1 Å². The van der Waals surface area contributed by atoms with Gasteiger partial charge in [-0.2, -0.15) is 10.5 Å². The lowest BCUT2D eigenvalue weighted by atomic mass is 9.74. The van der Waals surface area contributed by atoms with Crippen LogP contribution in [0.1, 0.15) is 32.3 Å². The zero-order valence-corrected chi connectivity index (χ0v) is 13.6. The van der Waals surface area contributed by atoms with Crippen molar-refractivity contribution < 1.29 is 4.92 Å². The van der Waals surface area contributed by atoms with Crippen LogP contribution >= 0.6 is 0 Å². The monoisotopic (exact) mass is 319 g/mol. The molecule has 1 aromatic rings. The fourth-order valence-electron chi connectivity index (χ4n) is 2.80. The molecule has 0 aliphatic heterocycles. The summed E-state index contributed by atoms with van der Waals surface area (Å²) in [5, 5.41) is 28.8. The number of nitriles is 2. The van der Waals surface area contributed by atoms with E-state index in [9.17, 15) is 10.1 Å². The predicted molar refractivity (Wildman–Crippen MR) is 91.5 cm³/mol. The van der Waals surface area contributed by atoms with Gasteiger partial charge in [0, 0.05) is 12.1 Å². The summed E-state index contributed by atoms with van der Waals surface area (Å²) in [5.74, 6) is 0. The van der Waals surface area contributed by atoms with Crippen molar-refractivity contribution in [3.05, 3.63) is 68.8 Å². The molecule has 0 unspecified atom stereocenters. The molecule has 1 aliphatic rings. The Morgan fingerprint density at radius 3 is 2.33 bits per heavy atom. The standard InChI is InChI=1S/C19H17N3O2/c1-19(2)10-15(9-16(11-19)17(12-20)13-21)4-3-14-5-7-18(8-6-14)22(23)24/h3-9H,10-11H2,1-2H3/b4-3+. The zero-order chi connectivity index (χ0) is 17.7. The molecule has 0 spiro atoms. The van der Waals surface area contributed by atoms with Gasteiger partial charge in [-0.15, -0.1) is 0 Å². The van der Waals surface area contributed by atoms with Crippen molar-refractivity contribution in [1.29, 1.82) is 10.5 Å². The van der Waals surface area contributed by atoms with E-state index in [4.69, 9.17) is 10.5 Å². The molecular weight excluding hydrogens is 302 g/mol. The number of nitro benzene ring substituents is 1. The number of hydrogen-bond donors (Lipinski definition) is 0. The summed E-state index contributed by atoms with van der Waals surface area (Å²) >= 11 is 0. The molecule has 0 heterocycles. The summed E-state index contributed by atoms with van der Waals surface area (Å²) in [6.07, 6.45) is 7.25. The Kier molecular flexibility index (Phi) is 4.96. The van der Waals surface area contributed by atoms with Crippen LogP contribution in [0.5, 0.6) is 0 Å². The minimum atomic E-state index is -0.429. The largest absolute Gasteiger partial charge is 0.269 e. The lowest BCUT2D eigenvalue weighted by Gasteiger charge is -2.30. The summed E-state index contributed by atoms with van der Waals surface area (Å²) < 4.78 is 0. The predicted octanol–water partition coefficient (Wildman–Crippen LogP) is 4.70. The maximum absolute atomic E-state index is 10.7. The van der Waals surface area contributed by atoms with Gasteiger partial charge in [-0.1, -0.05) is 32.1 Å². The maximum atomic E-state index is 10.7. The minimum absolute atomic E-state index is 0.0296. The Bertz CT molecular complexity index is 813. The molecule has 2 rings (SSSR count). The first-order valence-corrected chi connectivity index (χ1v) is 7.51. The zero-order valence-electron chi connectivity index (χ0n) is 13.6. The molecule has 1 aliphatic carbocycles. The Balaban J connectivity index is 2.30. The highest BCUT2D eigenvalue weighted by Gasteiger charge is 2.26. The van der Waals surface area contributed by atoms with E-state index in [1.54, 1.807) is 12.1 Å². The number of nitro groups is 1. The van der Waals surface area contributed by atoms with Gasteiger partial charge < -0.3 is 0 Å². The fraction of sp³-hybridized carbons (Fsp3) is 0.263. The van der Waals surface area contributed by atoms with Crippen LogP contribution in [0.2, 0.25) is 0 Å². The van der Waals surface area contributed by atoms with Crippen molar-refractivity contribution in [2.24, 2.45) is 5.41 Å². The van der Waals surface area contributed by atoms with Crippen molar-refractivity contribution in [1.82, 2.24) is 0 Å². The van der Waals surface area contributed by atoms with Gasteiger partial charge in [0.15, 0.2) is 0 Å². The molecule has 0 saturated carbocycles. The molecule has 0 radical (unpaired) electrons. The van der Waals surface area contributed by atoms with Crippen LogP contribution in [-0.2, 0) is 0 Å². The fourth-order valence-corrected chi connectivity index (χ4v) is 2.80. The highest BCUT2D eigenvalue weighted by atomic mass is 16.6. The van der Waals surface area contributed by atoms with E-state index in [0.29, 0.717) is 6.42 Å². The topological polar surface area (TPSA) is 90.7 Å². The number of hydrogen-bond acceptors (Lipinski definition) is 4. The number of benzene rings is 1. The average molecular weight is 319 g/mol. The molecule has 1 aromatic carbocycles. The van der Waals surface area contributed by atoms with Crippen LogP contribution in [0.4, 0.5) is 5.69 Å². The summed E-state index contributed by atoms with van der Waals surface area (Å²) in [7, 11) is 0. The average Bonchev–Trinajstić information content (AvgIpc) is 2.53. The van der Waals surface area contributed by atoms with Crippen LogP contribution in [0.25, 0.3) is 6.08 Å². The first-order valence-electron chi connectivity index (χ1n) is 7.51. The molecule has 5 nitrogen and oxygen atoms in total. The number of non-ortho nitro benzene ring substituents is 1. The summed E-state index contributed by atoms with van der Waals surface area (Å²) in [6, 6.07) is 10.2. The van der Waals surface area contributed by atoms with Gasteiger partial charge in [0.05, 0.1) is 4.92 Å². The van der Waals surface area contributed by atoms with Gasteiger partial charge in [-0.25, -0.2) is 0 Å². The van der Waals surface area contributed by atoms with Crippen molar-refractivity contribution in [2.45, 2.75) is 26.7 Å². The van der Waals surface area contributed by atoms with Crippen LogP contribution in [-0.4, -0.2) is 4.92 Å². The third-order valence-corrected chi connectivity index (χ3v) is 3.85. The highest BCUT2D eigenvalue weighted by molar-refractivity contribution is 5.57. The SMILES string of the molecule is CC1(C)CC(/C=C/c2ccc([N+](=O)[O-])cc2)=CC(=C(C#N)C#N)C1. The van der Waals surface area contributed by atoms with E-state index < -0.39 is 4.92 Å². The molecule has 120 valence electrons. The smallest absolute Gasteiger partial charge is 0.258 e. The van der Waals surface area contributed by atoms with E-state index in [2.05, 4.69) is 13.8 Å². The molecule has 0 saturated heterocycles. The Labute approximate surface area is 141 Å². The van der Waals surface area contributed by atoms with Crippen molar-refractivity contribution in [3.63, 3.8) is 0 Å². The summed E-state index contributed by atoms with van der Waals surface area (Å²) in [5.41, 5.74) is 2.84. The molecule has 0 aromatic heterocycles. The quantitative estimate of drug-likeness (QED) is 0.459.